The van der Waals surface area contributed by atoms with Gasteiger partial charge in [-0.05, 0) is 76.5 Å². The molecule has 0 N–H and O–H groups in total. The molecular formula is C46B28O. The highest BCUT2D eigenvalue weighted by Gasteiger charge is 2.32. The molecular weight excluding hydrogens is 871 g/mol. The third-order valence-electron chi connectivity index (χ3n) is 14.7. The normalized spacial score (nSPS) is 11.9. The fourth-order valence-corrected chi connectivity index (χ4v) is 10.7. The van der Waals surface area contributed by atoms with Crippen molar-refractivity contribution in [3.8, 4) is 33.4 Å². The second-order valence-electron chi connectivity index (χ2n) is 18.3. The maximum Gasteiger partial charge on any atom is 0.128 e. The summed E-state index contributed by atoms with van der Waals surface area (Å²) < 4.78 is 6.32. The van der Waals surface area contributed by atoms with Crippen molar-refractivity contribution in [1.29, 1.82) is 0 Å². The van der Waals surface area contributed by atoms with Gasteiger partial charge in [0.2, 0.25) is 0 Å². The first-order chi connectivity index (χ1) is 35.0. The summed E-state index contributed by atoms with van der Waals surface area (Å²) in [4.78, 5) is 0. The lowest BCUT2D eigenvalue weighted by molar-refractivity contribution is 0.675. The summed E-state index contributed by atoms with van der Waals surface area (Å²) >= 11 is 0. The predicted molar refractivity (Wildman–Crippen MR) is 351 cm³/mol. The van der Waals surface area contributed by atoms with Crippen molar-refractivity contribution in [1.82, 2.24) is 0 Å². The quantitative estimate of drug-likeness (QED) is 0.0979. The second kappa shape index (κ2) is 18.1. The average molecular weight is 871 g/mol. The Bertz CT molecular complexity index is 4330. The lowest BCUT2D eigenvalue weighted by Gasteiger charge is -2.33. The van der Waals surface area contributed by atoms with Gasteiger partial charge in [-0.15, -0.1) is 49.2 Å². The van der Waals surface area contributed by atoms with Crippen LogP contribution in [0.3, 0.4) is 0 Å². The summed E-state index contributed by atoms with van der Waals surface area (Å²) in [5.41, 5.74) is -4.83. The minimum absolute atomic E-state index is 0.00901. The molecule has 0 aliphatic carbocycles. The Labute approximate surface area is 472 Å². The van der Waals surface area contributed by atoms with E-state index in [1.54, 1.807) is 0 Å². The van der Waals surface area contributed by atoms with Crippen LogP contribution in [0.4, 0.5) is 0 Å². The molecule has 0 amide bonds. The molecule has 0 atom stereocenters. The maximum atomic E-state index is 7.23. The molecule has 274 valence electrons. The van der Waals surface area contributed by atoms with E-state index in [4.69, 9.17) is 224 Å². The molecule has 0 aliphatic heterocycles. The average Bonchev–Trinajstić information content (AvgIpc) is 3.80. The van der Waals surface area contributed by atoms with Crippen molar-refractivity contribution in [2.24, 2.45) is 0 Å². The molecule has 29 heteroatoms. The zero-order valence-corrected chi connectivity index (χ0v) is 39.6. The third kappa shape index (κ3) is 6.85. The van der Waals surface area contributed by atoms with Crippen LogP contribution in [-0.4, -0.2) is 220 Å². The molecule has 0 saturated heterocycles. The molecule has 0 fully saturated rings. The van der Waals surface area contributed by atoms with Crippen LogP contribution in [-0.2, 0) is 0 Å². The van der Waals surface area contributed by atoms with Gasteiger partial charge in [0.1, 0.15) is 231 Å². The van der Waals surface area contributed by atoms with Gasteiger partial charge in [0.15, 0.2) is 0 Å². The van der Waals surface area contributed by atoms with Crippen LogP contribution < -0.4 is 153 Å². The molecule has 0 bridgehead atoms. The largest absolute Gasteiger partial charge is 0.457 e. The summed E-state index contributed by atoms with van der Waals surface area (Å²) in [6.07, 6.45) is 0. The second-order valence-corrected chi connectivity index (χ2v) is 18.3. The summed E-state index contributed by atoms with van der Waals surface area (Å²) in [5, 5.41) is 0.557. The third-order valence-corrected chi connectivity index (χ3v) is 14.7. The Balaban J connectivity index is 1.45. The van der Waals surface area contributed by atoms with E-state index in [1.165, 1.54) is 0 Å². The fraction of sp³-hybridized carbons (Fsp3) is 0. The first-order valence-electron chi connectivity index (χ1n) is 22.0. The number of hydrogen-bond donors (Lipinski definition) is 0. The molecule has 1 heterocycles. The smallest absolute Gasteiger partial charge is 0.128 e. The Morgan fingerprint density at radius 2 is 0.320 bits per heavy atom. The van der Waals surface area contributed by atoms with E-state index >= 15 is 0 Å². The SMILES string of the molecule is [B]c1c([B])c(-c2c3c([B])c([B])c([B])c([B])c3c(-c3c([B])c([B])c([B])c4oc5c([B])c([B])c([B])c([B])c5c34)c3c([B])c([B])c([B])c([B])c23)c([B])c([B])c1-c1c([B])c([B])c2c([B])c([B])c3c([B])c([B])c([B])c([B])c3c2c1[B]. The van der Waals surface area contributed by atoms with Crippen molar-refractivity contribution >= 4 is 438 Å². The van der Waals surface area contributed by atoms with Gasteiger partial charge in [-0.2, -0.15) is 0 Å². The lowest BCUT2D eigenvalue weighted by atomic mass is 9.55. The van der Waals surface area contributed by atoms with E-state index in [2.05, 4.69) is 0 Å². The van der Waals surface area contributed by atoms with Crippen LogP contribution in [0.1, 0.15) is 0 Å². The van der Waals surface area contributed by atoms with Crippen LogP contribution in [0.5, 0.6) is 0 Å². The van der Waals surface area contributed by atoms with Crippen molar-refractivity contribution in [2.45, 2.75) is 0 Å². The van der Waals surface area contributed by atoms with Gasteiger partial charge < -0.3 is 4.42 Å². The topological polar surface area (TPSA) is 13.1 Å². The summed E-state index contributed by atoms with van der Waals surface area (Å²) in [6.45, 7) is 0. The van der Waals surface area contributed by atoms with E-state index in [0.717, 1.165) is 0 Å². The molecule has 0 spiro atoms. The van der Waals surface area contributed by atoms with Gasteiger partial charge in [0.25, 0.3) is 0 Å². The number of benzene rings is 9. The minimum atomic E-state index is -0.288. The van der Waals surface area contributed by atoms with Crippen LogP contribution in [0.25, 0.3) is 98.4 Å². The summed E-state index contributed by atoms with van der Waals surface area (Å²) in [6, 6.07) is 0. The molecule has 1 nitrogen and oxygen atoms in total. The van der Waals surface area contributed by atoms with Crippen LogP contribution in [0, 0.1) is 0 Å². The monoisotopic (exact) mass is 876 g/mol. The Morgan fingerprint density at radius 1 is 0.120 bits per heavy atom. The zero-order valence-electron chi connectivity index (χ0n) is 39.6. The fourth-order valence-electron chi connectivity index (χ4n) is 10.7. The molecule has 0 unspecified atom stereocenters. The molecule has 1 aromatic heterocycles. The predicted octanol–water partition coefficient (Wildman–Crippen LogP) is -20.6. The van der Waals surface area contributed by atoms with Gasteiger partial charge >= 0.3 is 0 Å². The van der Waals surface area contributed by atoms with Crippen molar-refractivity contribution in [3.05, 3.63) is 0 Å². The Kier molecular flexibility index (Phi) is 13.0. The van der Waals surface area contributed by atoms with Crippen LogP contribution >= 0.6 is 0 Å². The standard InChI is InChI=1S/C46B28O/c47-17-8-9-13(32(62)39(69)38(68)23(9)53)28(58)26(56)12(8)27(57)29(59)14(17)15-30(60)24(54)11(25(55)31(15)61)2-5-3(18(48)34(64)36(66)20(5)50)1(4-6(2)21(51)37(67)35(65)19(4)49)7-10-16-33(63)40(70)42(72)44(74)46(16)75-45(10)43(73)41(71)22(7)52. The van der Waals surface area contributed by atoms with Gasteiger partial charge in [-0.25, -0.2) is 0 Å². The van der Waals surface area contributed by atoms with Crippen LogP contribution in [0.15, 0.2) is 4.42 Å². The van der Waals surface area contributed by atoms with Gasteiger partial charge in [0.05, 0.1) is 0 Å². The molecule has 10 aromatic rings. The maximum absolute atomic E-state index is 7.23. The minimum Gasteiger partial charge on any atom is -0.457 e. The highest BCUT2D eigenvalue weighted by molar-refractivity contribution is 6.78. The Morgan fingerprint density at radius 3 is 0.707 bits per heavy atom. The summed E-state index contributed by atoms with van der Waals surface area (Å²) in [7, 11) is 190. The van der Waals surface area contributed by atoms with E-state index in [-0.39, 0.29) is 251 Å². The van der Waals surface area contributed by atoms with Crippen LogP contribution in [0.2, 0.25) is 0 Å². The van der Waals surface area contributed by atoms with Crippen molar-refractivity contribution < 1.29 is 4.42 Å². The van der Waals surface area contributed by atoms with Gasteiger partial charge in [-0.3, -0.25) is 0 Å². The van der Waals surface area contributed by atoms with Gasteiger partial charge in [-0.1, -0.05) is 104 Å². The molecule has 56 radical (unpaired) electrons. The number of fused-ring (bicyclic) bond motifs is 8. The highest BCUT2D eigenvalue weighted by atomic mass is 16.3. The number of furan rings is 1. The first kappa shape index (κ1) is 54.0. The molecule has 0 aliphatic rings. The Hall–Kier alpha value is -4.36. The molecule has 9 aromatic carbocycles. The van der Waals surface area contributed by atoms with Crippen molar-refractivity contribution in [3.63, 3.8) is 0 Å². The molecule has 75 heavy (non-hydrogen) atoms. The lowest BCUT2D eigenvalue weighted by Crippen LogP contribution is -2.52. The van der Waals surface area contributed by atoms with E-state index in [9.17, 15) is 0 Å². The highest BCUT2D eigenvalue weighted by Crippen LogP contribution is 2.42. The molecule has 0 saturated carbocycles. The van der Waals surface area contributed by atoms with E-state index in [1.807, 2.05) is 0 Å². The van der Waals surface area contributed by atoms with E-state index < -0.39 is 0 Å². The zero-order chi connectivity index (χ0) is 55.3. The van der Waals surface area contributed by atoms with Crippen molar-refractivity contribution in [2.75, 3.05) is 0 Å². The molecule has 10 rings (SSSR count). The van der Waals surface area contributed by atoms with Gasteiger partial charge in [0, 0.05) is 10.8 Å². The first-order valence-corrected chi connectivity index (χ1v) is 22.0. The summed E-state index contributed by atoms with van der Waals surface area (Å²) in [5.74, 6) is 0. The number of hydrogen-bond acceptors (Lipinski definition) is 1. The van der Waals surface area contributed by atoms with E-state index in [0.29, 0.717) is 0 Å². The number of rotatable bonds is 3.